The van der Waals surface area contributed by atoms with E-state index < -0.39 is 0 Å². The zero-order valence-electron chi connectivity index (χ0n) is 14.2. The molecule has 1 atom stereocenters. The number of hydrogen-bond acceptors (Lipinski definition) is 5. The van der Waals surface area contributed by atoms with Gasteiger partial charge in [-0.05, 0) is 31.5 Å². The molecule has 0 aromatic carbocycles. The lowest BCUT2D eigenvalue weighted by molar-refractivity contribution is 0.0372. The number of rotatable bonds is 2. The Hall–Kier alpha value is -1.66. The fourth-order valence-corrected chi connectivity index (χ4v) is 4.02. The van der Waals surface area contributed by atoms with Crippen LogP contribution in [0.3, 0.4) is 0 Å². The van der Waals surface area contributed by atoms with E-state index in [4.69, 9.17) is 4.74 Å². The molecule has 1 aromatic rings. The Labute approximate surface area is 143 Å². The molecule has 6 nitrogen and oxygen atoms in total. The van der Waals surface area contributed by atoms with Crippen LogP contribution < -0.4 is 4.90 Å². The van der Waals surface area contributed by atoms with Crippen LogP contribution in [0.25, 0.3) is 0 Å². The van der Waals surface area contributed by atoms with Gasteiger partial charge in [-0.15, -0.1) is 0 Å². The van der Waals surface area contributed by atoms with Crippen molar-refractivity contribution in [3.05, 3.63) is 23.9 Å². The first-order valence-corrected chi connectivity index (χ1v) is 9.13. The number of fused-ring (bicyclic) bond motifs is 1. The third-order valence-corrected chi connectivity index (χ3v) is 5.45. The largest absolute Gasteiger partial charge is 0.378 e. The van der Waals surface area contributed by atoms with Crippen molar-refractivity contribution in [1.29, 1.82) is 0 Å². The van der Waals surface area contributed by atoms with Crippen LogP contribution in [0.2, 0.25) is 0 Å². The van der Waals surface area contributed by atoms with Crippen LogP contribution in [0.1, 0.15) is 29.6 Å². The maximum atomic E-state index is 12.8. The first-order valence-electron chi connectivity index (χ1n) is 9.13. The molecular formula is C18H26N4O2. The van der Waals surface area contributed by atoms with Gasteiger partial charge in [0, 0.05) is 45.0 Å². The second-order valence-electron chi connectivity index (χ2n) is 6.94. The molecule has 1 amide bonds. The molecule has 4 rings (SSSR count). The van der Waals surface area contributed by atoms with Crippen molar-refractivity contribution in [1.82, 2.24) is 14.8 Å². The van der Waals surface area contributed by atoms with Crippen molar-refractivity contribution in [2.45, 2.75) is 25.3 Å². The normalized spacial score (nSPS) is 25.4. The van der Waals surface area contributed by atoms with E-state index in [2.05, 4.69) is 14.8 Å². The van der Waals surface area contributed by atoms with E-state index in [1.165, 1.54) is 25.8 Å². The van der Waals surface area contributed by atoms with Crippen LogP contribution in [-0.4, -0.2) is 79.2 Å². The highest BCUT2D eigenvalue weighted by Gasteiger charge is 2.31. The predicted octanol–water partition coefficient (Wildman–Crippen LogP) is 1.23. The van der Waals surface area contributed by atoms with Gasteiger partial charge in [0.1, 0.15) is 5.82 Å². The highest BCUT2D eigenvalue weighted by molar-refractivity contribution is 5.94. The van der Waals surface area contributed by atoms with E-state index in [9.17, 15) is 4.79 Å². The Morgan fingerprint density at radius 3 is 2.75 bits per heavy atom. The summed E-state index contributed by atoms with van der Waals surface area (Å²) in [7, 11) is 0. The first-order chi connectivity index (χ1) is 11.8. The second kappa shape index (κ2) is 7.07. The molecule has 4 heterocycles. The molecule has 0 N–H and O–H groups in total. The van der Waals surface area contributed by atoms with Crippen molar-refractivity contribution < 1.29 is 9.53 Å². The van der Waals surface area contributed by atoms with Crippen LogP contribution in [0, 0.1) is 0 Å². The molecule has 3 saturated heterocycles. The SMILES string of the molecule is O=C(c1ccc(N2CCOCC2)nc1)N1CCN2CCCC[C@H]2C1. The summed E-state index contributed by atoms with van der Waals surface area (Å²) in [5.41, 5.74) is 0.705. The molecule has 6 heteroatoms. The first kappa shape index (κ1) is 15.8. The van der Waals surface area contributed by atoms with Gasteiger partial charge in [0.2, 0.25) is 0 Å². The Bertz CT molecular complexity index is 571. The van der Waals surface area contributed by atoms with Gasteiger partial charge in [-0.2, -0.15) is 0 Å². The zero-order valence-corrected chi connectivity index (χ0v) is 14.2. The summed E-state index contributed by atoms with van der Waals surface area (Å²) in [6, 6.07) is 4.44. The third kappa shape index (κ3) is 3.26. The molecule has 0 aliphatic carbocycles. The van der Waals surface area contributed by atoms with Crippen molar-refractivity contribution in [2.75, 3.05) is 57.4 Å². The fourth-order valence-electron chi connectivity index (χ4n) is 4.02. The van der Waals surface area contributed by atoms with Gasteiger partial charge in [0.05, 0.1) is 18.8 Å². The molecule has 0 unspecified atom stereocenters. The van der Waals surface area contributed by atoms with E-state index in [1.54, 1.807) is 6.20 Å². The highest BCUT2D eigenvalue weighted by atomic mass is 16.5. The number of anilines is 1. The lowest BCUT2D eigenvalue weighted by atomic mass is 9.99. The van der Waals surface area contributed by atoms with Gasteiger partial charge in [0.15, 0.2) is 0 Å². The molecule has 0 saturated carbocycles. The molecule has 0 radical (unpaired) electrons. The number of ether oxygens (including phenoxy) is 1. The van der Waals surface area contributed by atoms with Crippen LogP contribution in [0.4, 0.5) is 5.82 Å². The van der Waals surface area contributed by atoms with E-state index >= 15 is 0 Å². The van der Waals surface area contributed by atoms with Gasteiger partial charge < -0.3 is 14.5 Å². The molecule has 130 valence electrons. The maximum Gasteiger partial charge on any atom is 0.255 e. The molecule has 3 aliphatic rings. The zero-order chi connectivity index (χ0) is 16.4. The molecule has 3 fully saturated rings. The quantitative estimate of drug-likeness (QED) is 0.816. The molecule has 0 spiro atoms. The smallest absolute Gasteiger partial charge is 0.255 e. The topological polar surface area (TPSA) is 48.9 Å². The number of morpholine rings is 1. The van der Waals surface area contributed by atoms with Crippen molar-refractivity contribution in [3.8, 4) is 0 Å². The van der Waals surface area contributed by atoms with Gasteiger partial charge in [-0.1, -0.05) is 6.42 Å². The number of carbonyl (C=O) groups excluding carboxylic acids is 1. The van der Waals surface area contributed by atoms with Crippen molar-refractivity contribution in [2.24, 2.45) is 0 Å². The molecule has 1 aromatic heterocycles. The number of carbonyl (C=O) groups is 1. The van der Waals surface area contributed by atoms with Gasteiger partial charge in [-0.25, -0.2) is 4.98 Å². The van der Waals surface area contributed by atoms with Crippen LogP contribution in [0.5, 0.6) is 0 Å². The minimum Gasteiger partial charge on any atom is -0.378 e. The average Bonchev–Trinajstić information content (AvgIpc) is 2.68. The van der Waals surface area contributed by atoms with Crippen molar-refractivity contribution >= 4 is 11.7 Å². The number of piperidine rings is 1. The van der Waals surface area contributed by atoms with E-state index in [0.717, 1.165) is 51.8 Å². The lowest BCUT2D eigenvalue weighted by Gasteiger charge is -2.44. The molecule has 3 aliphatic heterocycles. The molecule has 24 heavy (non-hydrogen) atoms. The maximum absolute atomic E-state index is 12.8. The standard InChI is InChI=1S/C18H26N4O2/c23-18(22-8-7-20-6-2-1-3-16(20)14-22)15-4-5-17(19-13-15)21-9-11-24-12-10-21/h4-5,13,16H,1-3,6-12,14H2/t16-/m0/s1. The number of nitrogens with zero attached hydrogens (tertiary/aromatic N) is 4. The highest BCUT2D eigenvalue weighted by Crippen LogP contribution is 2.22. The fraction of sp³-hybridized carbons (Fsp3) is 0.667. The van der Waals surface area contributed by atoms with E-state index in [-0.39, 0.29) is 5.91 Å². The van der Waals surface area contributed by atoms with E-state index in [0.29, 0.717) is 11.6 Å². The minimum atomic E-state index is 0.126. The number of amides is 1. The monoisotopic (exact) mass is 330 g/mol. The summed E-state index contributed by atoms with van der Waals surface area (Å²) in [5, 5.41) is 0. The second-order valence-corrected chi connectivity index (χ2v) is 6.94. The summed E-state index contributed by atoms with van der Waals surface area (Å²) in [6.07, 6.45) is 5.55. The predicted molar refractivity (Wildman–Crippen MR) is 92.4 cm³/mol. The minimum absolute atomic E-state index is 0.126. The summed E-state index contributed by atoms with van der Waals surface area (Å²) in [5.74, 6) is 1.06. The van der Waals surface area contributed by atoms with Crippen LogP contribution in [-0.2, 0) is 4.74 Å². The summed E-state index contributed by atoms with van der Waals surface area (Å²) >= 11 is 0. The number of aromatic nitrogens is 1. The van der Waals surface area contributed by atoms with E-state index in [1.807, 2.05) is 17.0 Å². The number of pyridine rings is 1. The Morgan fingerprint density at radius 2 is 1.96 bits per heavy atom. The lowest BCUT2D eigenvalue weighted by Crippen LogP contribution is -2.56. The van der Waals surface area contributed by atoms with Crippen LogP contribution >= 0.6 is 0 Å². The molecular weight excluding hydrogens is 304 g/mol. The van der Waals surface area contributed by atoms with Crippen LogP contribution in [0.15, 0.2) is 18.3 Å². The van der Waals surface area contributed by atoms with Gasteiger partial charge in [-0.3, -0.25) is 9.69 Å². The number of piperazine rings is 1. The Morgan fingerprint density at radius 1 is 1.08 bits per heavy atom. The Kier molecular flexibility index (Phi) is 4.67. The summed E-state index contributed by atoms with van der Waals surface area (Å²) in [6.45, 7) is 7.12. The summed E-state index contributed by atoms with van der Waals surface area (Å²) < 4.78 is 5.37. The van der Waals surface area contributed by atoms with Gasteiger partial charge >= 0.3 is 0 Å². The number of hydrogen-bond donors (Lipinski definition) is 0. The molecule has 0 bridgehead atoms. The van der Waals surface area contributed by atoms with Gasteiger partial charge in [0.25, 0.3) is 5.91 Å². The summed E-state index contributed by atoms with van der Waals surface area (Å²) in [4.78, 5) is 24.1. The Balaban J connectivity index is 1.40. The average molecular weight is 330 g/mol. The van der Waals surface area contributed by atoms with Crippen molar-refractivity contribution in [3.63, 3.8) is 0 Å². The third-order valence-electron chi connectivity index (χ3n) is 5.45.